The summed E-state index contributed by atoms with van der Waals surface area (Å²) >= 11 is 12.0. The number of nitrogen functional groups attached to an aromatic ring is 1. The number of hydrogen-bond acceptors (Lipinski definition) is 6. The fraction of sp³-hybridized carbons (Fsp3) is 0.0556. The first-order valence-corrected chi connectivity index (χ1v) is 8.39. The predicted molar refractivity (Wildman–Crippen MR) is 106 cm³/mol. The lowest BCUT2D eigenvalue weighted by Gasteiger charge is -2.13. The lowest BCUT2D eigenvalue weighted by molar-refractivity contribution is 0.101. The Morgan fingerprint density at radius 2 is 1.46 bits per heavy atom. The van der Waals surface area contributed by atoms with E-state index in [9.17, 15) is 4.79 Å². The second kappa shape index (κ2) is 7.59. The number of hydrogen-bond donors (Lipinski definition) is 3. The normalized spacial score (nSPS) is 10.4. The van der Waals surface area contributed by atoms with Crippen LogP contribution >= 0.6 is 23.2 Å². The van der Waals surface area contributed by atoms with Crippen LogP contribution in [-0.2, 0) is 0 Å². The lowest BCUT2D eigenvalue weighted by Crippen LogP contribution is -2.05. The molecule has 4 N–H and O–H groups in total. The lowest BCUT2D eigenvalue weighted by atomic mass is 10.1. The maximum atomic E-state index is 11.3. The molecule has 0 saturated carbocycles. The predicted octanol–water partition coefficient (Wildman–Crippen LogP) is 5.06. The van der Waals surface area contributed by atoms with E-state index in [2.05, 4.69) is 20.6 Å². The number of ketones is 1. The van der Waals surface area contributed by atoms with Crippen LogP contribution in [0.4, 0.5) is 28.7 Å². The molecule has 0 bridgehead atoms. The highest BCUT2D eigenvalue weighted by molar-refractivity contribution is 6.35. The highest BCUT2D eigenvalue weighted by Gasteiger charge is 2.10. The minimum absolute atomic E-state index is 0.00442. The van der Waals surface area contributed by atoms with Crippen molar-refractivity contribution in [2.24, 2.45) is 0 Å². The average Bonchev–Trinajstić information content (AvgIpc) is 2.58. The Labute approximate surface area is 160 Å². The van der Waals surface area contributed by atoms with Crippen molar-refractivity contribution in [3.8, 4) is 0 Å². The fourth-order valence-electron chi connectivity index (χ4n) is 2.28. The second-order valence-corrected chi connectivity index (χ2v) is 6.40. The first-order chi connectivity index (χ1) is 12.4. The molecule has 6 nitrogen and oxygen atoms in total. The van der Waals surface area contributed by atoms with Gasteiger partial charge in [0.2, 0.25) is 0 Å². The molecular weight excluding hydrogens is 373 g/mol. The molecule has 1 heterocycles. The average molecular weight is 388 g/mol. The topological polar surface area (TPSA) is 92.9 Å². The molecule has 0 aliphatic carbocycles. The summed E-state index contributed by atoms with van der Waals surface area (Å²) in [4.78, 5) is 19.7. The van der Waals surface area contributed by atoms with Crippen molar-refractivity contribution in [3.63, 3.8) is 0 Å². The van der Waals surface area contributed by atoms with Crippen molar-refractivity contribution in [2.75, 3.05) is 16.4 Å². The molecule has 132 valence electrons. The van der Waals surface area contributed by atoms with E-state index in [1.54, 1.807) is 42.5 Å². The Morgan fingerprint density at radius 1 is 0.923 bits per heavy atom. The molecular formula is C18H15Cl2N5O. The molecule has 0 fully saturated rings. The number of anilines is 5. The van der Waals surface area contributed by atoms with Gasteiger partial charge in [0.15, 0.2) is 17.4 Å². The van der Waals surface area contributed by atoms with Gasteiger partial charge in [-0.2, -0.15) is 0 Å². The first-order valence-electron chi connectivity index (χ1n) is 7.64. The summed E-state index contributed by atoms with van der Waals surface area (Å²) in [6.45, 7) is 1.52. The third-order valence-corrected chi connectivity index (χ3v) is 4.00. The molecule has 3 aromatic rings. The fourth-order valence-corrected chi connectivity index (χ4v) is 2.81. The van der Waals surface area contributed by atoms with Crippen molar-refractivity contribution in [2.45, 2.75) is 6.92 Å². The Hall–Kier alpha value is -2.83. The molecule has 8 heteroatoms. The van der Waals surface area contributed by atoms with Crippen molar-refractivity contribution >= 4 is 57.7 Å². The van der Waals surface area contributed by atoms with E-state index in [4.69, 9.17) is 28.9 Å². The van der Waals surface area contributed by atoms with Gasteiger partial charge in [-0.15, -0.1) is 0 Å². The molecule has 0 saturated heterocycles. The molecule has 0 radical (unpaired) electrons. The van der Waals surface area contributed by atoms with Gasteiger partial charge in [-0.1, -0.05) is 23.2 Å². The van der Waals surface area contributed by atoms with E-state index in [-0.39, 0.29) is 5.78 Å². The highest BCUT2D eigenvalue weighted by Crippen LogP contribution is 2.30. The van der Waals surface area contributed by atoms with Crippen LogP contribution in [0.2, 0.25) is 10.0 Å². The zero-order chi connectivity index (χ0) is 18.7. The minimum Gasteiger partial charge on any atom is -0.393 e. The van der Waals surface area contributed by atoms with E-state index in [1.807, 2.05) is 0 Å². The summed E-state index contributed by atoms with van der Waals surface area (Å²) in [6, 6.07) is 12.1. The molecule has 0 aliphatic rings. The molecule has 3 rings (SSSR count). The number of nitrogens with one attached hydrogen (secondary N) is 2. The van der Waals surface area contributed by atoms with Gasteiger partial charge in [-0.25, -0.2) is 9.97 Å². The summed E-state index contributed by atoms with van der Waals surface area (Å²) in [5.74, 6) is 0.858. The van der Waals surface area contributed by atoms with Gasteiger partial charge in [0, 0.05) is 27.0 Å². The van der Waals surface area contributed by atoms with E-state index in [1.165, 1.54) is 13.3 Å². The Balaban J connectivity index is 1.83. The maximum absolute atomic E-state index is 11.3. The Kier molecular flexibility index (Phi) is 5.25. The van der Waals surface area contributed by atoms with Gasteiger partial charge in [-0.05, 0) is 49.4 Å². The third kappa shape index (κ3) is 4.22. The largest absolute Gasteiger partial charge is 0.393 e. The monoisotopic (exact) mass is 387 g/mol. The third-order valence-electron chi connectivity index (χ3n) is 3.56. The van der Waals surface area contributed by atoms with Crippen LogP contribution in [0, 0.1) is 0 Å². The smallest absolute Gasteiger partial charge is 0.159 e. The van der Waals surface area contributed by atoms with Gasteiger partial charge in [-0.3, -0.25) is 4.79 Å². The van der Waals surface area contributed by atoms with E-state index < -0.39 is 0 Å². The number of nitrogens with zero attached hydrogens (tertiary/aromatic N) is 2. The van der Waals surface area contributed by atoms with Gasteiger partial charge >= 0.3 is 0 Å². The number of Topliss-reactive ketones (excluding diaryl/α,β-unsaturated/α-hetero) is 1. The van der Waals surface area contributed by atoms with Crippen LogP contribution in [-0.4, -0.2) is 15.8 Å². The molecule has 0 spiro atoms. The van der Waals surface area contributed by atoms with Crippen LogP contribution in [0.25, 0.3) is 0 Å². The number of nitrogens with two attached hydrogens (primary N) is 1. The molecule has 0 atom stereocenters. The van der Waals surface area contributed by atoms with Crippen molar-refractivity contribution in [1.82, 2.24) is 9.97 Å². The number of aromatic nitrogens is 2. The van der Waals surface area contributed by atoms with Crippen molar-refractivity contribution in [3.05, 3.63) is 64.4 Å². The second-order valence-electron chi connectivity index (χ2n) is 5.53. The Bertz CT molecular complexity index is 940. The summed E-state index contributed by atoms with van der Waals surface area (Å²) in [6.07, 6.45) is 1.39. The molecule has 0 unspecified atom stereocenters. The molecule has 26 heavy (non-hydrogen) atoms. The van der Waals surface area contributed by atoms with Crippen molar-refractivity contribution in [1.29, 1.82) is 0 Å². The summed E-state index contributed by atoms with van der Waals surface area (Å²) < 4.78 is 0. The zero-order valence-corrected chi connectivity index (χ0v) is 15.3. The van der Waals surface area contributed by atoms with E-state index in [0.29, 0.717) is 38.6 Å². The number of carbonyl (C=O) groups excluding carboxylic acids is 1. The summed E-state index contributed by atoms with van der Waals surface area (Å²) in [7, 11) is 0. The van der Waals surface area contributed by atoms with E-state index >= 15 is 0 Å². The van der Waals surface area contributed by atoms with Crippen LogP contribution in [0.5, 0.6) is 0 Å². The number of halogens is 2. The van der Waals surface area contributed by atoms with Gasteiger partial charge < -0.3 is 16.4 Å². The molecule has 1 aromatic heterocycles. The minimum atomic E-state index is 0.00442. The highest BCUT2D eigenvalue weighted by atomic mass is 35.5. The Morgan fingerprint density at radius 3 is 2.00 bits per heavy atom. The van der Waals surface area contributed by atoms with Gasteiger partial charge in [0.25, 0.3) is 0 Å². The van der Waals surface area contributed by atoms with Gasteiger partial charge in [0.1, 0.15) is 12.0 Å². The number of rotatable bonds is 5. The van der Waals surface area contributed by atoms with Crippen LogP contribution < -0.4 is 16.4 Å². The standard InChI is InChI=1S/C18H15Cl2N5O/c1-10(26)11-2-4-14(5-3-11)24-17-16(21)18(23-9-22-17)25-15-7-12(19)6-13(20)8-15/h2-9H,21H2,1H3,(H2,22,23,24,25). The van der Waals surface area contributed by atoms with E-state index in [0.717, 1.165) is 5.69 Å². The molecule has 0 aliphatic heterocycles. The van der Waals surface area contributed by atoms with Crippen LogP contribution in [0.15, 0.2) is 48.8 Å². The number of carbonyl (C=O) groups is 1. The van der Waals surface area contributed by atoms with Crippen molar-refractivity contribution < 1.29 is 4.79 Å². The molecule has 2 aromatic carbocycles. The molecule has 0 amide bonds. The first kappa shape index (κ1) is 18.0. The quantitative estimate of drug-likeness (QED) is 0.530. The zero-order valence-electron chi connectivity index (χ0n) is 13.8. The summed E-state index contributed by atoms with van der Waals surface area (Å²) in [5, 5.41) is 7.18. The maximum Gasteiger partial charge on any atom is 0.159 e. The SMILES string of the molecule is CC(=O)c1ccc(Nc2ncnc(Nc3cc(Cl)cc(Cl)c3)c2N)cc1. The van der Waals surface area contributed by atoms with Crippen LogP contribution in [0.1, 0.15) is 17.3 Å². The number of benzene rings is 2. The summed E-state index contributed by atoms with van der Waals surface area (Å²) in [5.41, 5.74) is 8.53. The van der Waals surface area contributed by atoms with Crippen LogP contribution in [0.3, 0.4) is 0 Å². The van der Waals surface area contributed by atoms with Gasteiger partial charge in [0.05, 0.1) is 0 Å².